The first-order valence-electron chi connectivity index (χ1n) is 7.32. The lowest BCUT2D eigenvalue weighted by atomic mass is 10.0. The minimum atomic E-state index is -4.39. The van der Waals surface area contributed by atoms with Crippen molar-refractivity contribution in [3.8, 4) is 16.8 Å². The Morgan fingerprint density at radius 3 is 2.04 bits per heavy atom. The van der Waals surface area contributed by atoms with Crippen LogP contribution in [0.15, 0.2) is 59.4 Å². The lowest BCUT2D eigenvalue weighted by Crippen LogP contribution is -2.20. The van der Waals surface area contributed by atoms with Crippen molar-refractivity contribution in [1.82, 2.24) is 9.36 Å². The van der Waals surface area contributed by atoms with Gasteiger partial charge in [0.05, 0.1) is 16.8 Å². The molecule has 24 heavy (non-hydrogen) atoms. The van der Waals surface area contributed by atoms with E-state index in [1.54, 1.807) is 30.8 Å². The molecule has 1 heterocycles. The second-order valence-corrected chi connectivity index (χ2v) is 5.51. The van der Waals surface area contributed by atoms with E-state index in [4.69, 9.17) is 0 Å². The number of hydrogen-bond donors (Lipinski definition) is 0. The maximum atomic E-state index is 12.8. The number of nitrogens with zero attached hydrogens (tertiary/aromatic N) is 2. The number of alkyl halides is 3. The summed E-state index contributed by atoms with van der Waals surface area (Å²) in [5.41, 5.74) is 1.25. The fourth-order valence-electron chi connectivity index (χ4n) is 2.73. The third-order valence-electron chi connectivity index (χ3n) is 4.06. The van der Waals surface area contributed by atoms with E-state index < -0.39 is 11.7 Å². The highest BCUT2D eigenvalue weighted by Gasteiger charge is 2.30. The lowest BCUT2D eigenvalue weighted by Gasteiger charge is -2.07. The van der Waals surface area contributed by atoms with Crippen LogP contribution >= 0.6 is 0 Å². The van der Waals surface area contributed by atoms with E-state index in [-0.39, 0.29) is 5.56 Å². The Kier molecular flexibility index (Phi) is 3.83. The van der Waals surface area contributed by atoms with Gasteiger partial charge in [-0.1, -0.05) is 30.3 Å². The molecule has 0 unspecified atom stereocenters. The number of hydrogen-bond acceptors (Lipinski definition) is 1. The Morgan fingerprint density at radius 2 is 1.50 bits per heavy atom. The van der Waals surface area contributed by atoms with Crippen LogP contribution in [0, 0.1) is 6.92 Å². The predicted octanol–water partition coefficient (Wildman–Crippen LogP) is 4.17. The quantitative estimate of drug-likeness (QED) is 0.692. The van der Waals surface area contributed by atoms with Gasteiger partial charge in [0.25, 0.3) is 5.56 Å². The smallest absolute Gasteiger partial charge is 0.285 e. The molecule has 0 bridgehead atoms. The fourth-order valence-corrected chi connectivity index (χ4v) is 2.73. The van der Waals surface area contributed by atoms with Gasteiger partial charge in [-0.3, -0.25) is 9.48 Å². The maximum Gasteiger partial charge on any atom is 0.416 e. The average Bonchev–Trinajstić information content (AvgIpc) is 2.77. The van der Waals surface area contributed by atoms with Gasteiger partial charge < -0.3 is 0 Å². The highest BCUT2D eigenvalue weighted by molar-refractivity contribution is 5.66. The largest absolute Gasteiger partial charge is 0.416 e. The summed E-state index contributed by atoms with van der Waals surface area (Å²) in [7, 11) is 1.75. The van der Waals surface area contributed by atoms with E-state index in [1.165, 1.54) is 16.8 Å². The summed E-state index contributed by atoms with van der Waals surface area (Å²) in [5.74, 6) is 0. The Balaban J connectivity index is 2.15. The minimum Gasteiger partial charge on any atom is -0.285 e. The van der Waals surface area contributed by atoms with Crippen LogP contribution in [0.25, 0.3) is 16.8 Å². The molecule has 124 valence electrons. The molecule has 3 rings (SSSR count). The Morgan fingerprint density at radius 1 is 0.917 bits per heavy atom. The SMILES string of the molecule is Cc1c(-c2ccc(C(F)(F)F)cc2)c(=O)n(-c2ccccc2)n1C. The number of para-hydroxylation sites is 1. The second-order valence-electron chi connectivity index (χ2n) is 5.51. The van der Waals surface area contributed by atoms with E-state index in [0.29, 0.717) is 22.5 Å². The summed E-state index contributed by atoms with van der Waals surface area (Å²) in [5, 5.41) is 0. The van der Waals surface area contributed by atoms with Crippen LogP contribution in [-0.4, -0.2) is 9.36 Å². The summed E-state index contributed by atoms with van der Waals surface area (Å²) in [6.07, 6.45) is -4.39. The van der Waals surface area contributed by atoms with Crippen LogP contribution in [0.1, 0.15) is 11.3 Å². The van der Waals surface area contributed by atoms with Gasteiger partial charge in [-0.15, -0.1) is 0 Å². The monoisotopic (exact) mass is 332 g/mol. The molecule has 0 N–H and O–H groups in total. The first kappa shape index (κ1) is 16.1. The van der Waals surface area contributed by atoms with Crippen molar-refractivity contribution >= 4 is 0 Å². The first-order valence-corrected chi connectivity index (χ1v) is 7.32. The molecule has 3 nitrogen and oxygen atoms in total. The summed E-state index contributed by atoms with van der Waals surface area (Å²) >= 11 is 0. The van der Waals surface area contributed by atoms with Gasteiger partial charge in [-0.2, -0.15) is 13.2 Å². The van der Waals surface area contributed by atoms with Crippen LogP contribution in [-0.2, 0) is 13.2 Å². The van der Waals surface area contributed by atoms with Gasteiger partial charge in [-0.25, -0.2) is 4.68 Å². The van der Waals surface area contributed by atoms with E-state index in [2.05, 4.69) is 0 Å². The molecule has 0 saturated carbocycles. The van der Waals surface area contributed by atoms with E-state index in [1.807, 2.05) is 18.2 Å². The number of rotatable bonds is 2. The van der Waals surface area contributed by atoms with Gasteiger partial charge in [0.15, 0.2) is 0 Å². The third-order valence-corrected chi connectivity index (χ3v) is 4.06. The zero-order chi connectivity index (χ0) is 17.5. The topological polar surface area (TPSA) is 26.9 Å². The summed E-state index contributed by atoms with van der Waals surface area (Å²) in [6, 6.07) is 13.8. The number of aromatic nitrogens is 2. The molecule has 1 aromatic heterocycles. The Hall–Kier alpha value is -2.76. The third kappa shape index (κ3) is 2.64. The zero-order valence-corrected chi connectivity index (χ0v) is 13.1. The standard InChI is InChI=1S/C18H15F3N2O/c1-12-16(13-8-10-14(11-9-13)18(19,20)21)17(24)23(22(12)2)15-6-4-3-5-7-15/h3-11H,1-2H3. The minimum absolute atomic E-state index is 0.263. The van der Waals surface area contributed by atoms with Crippen LogP contribution in [0.4, 0.5) is 13.2 Å². The van der Waals surface area contributed by atoms with Gasteiger partial charge in [0, 0.05) is 12.7 Å². The molecule has 0 saturated heterocycles. The Bertz CT molecular complexity index is 920. The predicted molar refractivity (Wildman–Crippen MR) is 86.2 cm³/mol. The molecule has 6 heteroatoms. The first-order chi connectivity index (χ1) is 11.3. The molecule has 0 aliphatic carbocycles. The molecule has 0 amide bonds. The van der Waals surface area contributed by atoms with Crippen molar-refractivity contribution in [1.29, 1.82) is 0 Å². The van der Waals surface area contributed by atoms with Gasteiger partial charge >= 0.3 is 6.18 Å². The highest BCUT2D eigenvalue weighted by atomic mass is 19.4. The molecular formula is C18H15F3N2O. The van der Waals surface area contributed by atoms with E-state index >= 15 is 0 Å². The number of benzene rings is 2. The molecule has 0 radical (unpaired) electrons. The van der Waals surface area contributed by atoms with Crippen molar-refractivity contribution in [2.24, 2.45) is 7.05 Å². The summed E-state index contributed by atoms with van der Waals surface area (Å²) in [4.78, 5) is 12.8. The lowest BCUT2D eigenvalue weighted by molar-refractivity contribution is -0.137. The zero-order valence-electron chi connectivity index (χ0n) is 13.1. The molecule has 2 aromatic carbocycles. The van der Waals surface area contributed by atoms with Crippen molar-refractivity contribution in [2.75, 3.05) is 0 Å². The molecule has 3 aromatic rings. The van der Waals surface area contributed by atoms with Crippen LogP contribution in [0.2, 0.25) is 0 Å². The molecular weight excluding hydrogens is 317 g/mol. The van der Waals surface area contributed by atoms with Crippen molar-refractivity contribution in [2.45, 2.75) is 13.1 Å². The molecule has 0 aliphatic rings. The molecule has 0 spiro atoms. The van der Waals surface area contributed by atoms with Crippen LogP contribution in [0.5, 0.6) is 0 Å². The van der Waals surface area contributed by atoms with Crippen LogP contribution in [0.3, 0.4) is 0 Å². The average molecular weight is 332 g/mol. The van der Waals surface area contributed by atoms with Crippen molar-refractivity contribution in [3.63, 3.8) is 0 Å². The van der Waals surface area contributed by atoms with E-state index in [0.717, 1.165) is 12.1 Å². The van der Waals surface area contributed by atoms with Crippen LogP contribution < -0.4 is 5.56 Å². The number of halogens is 3. The molecule has 0 atom stereocenters. The summed E-state index contributed by atoms with van der Waals surface area (Å²) in [6.45, 7) is 1.77. The Labute approximate surface area is 136 Å². The molecule has 0 fully saturated rings. The normalized spacial score (nSPS) is 11.7. The van der Waals surface area contributed by atoms with E-state index in [9.17, 15) is 18.0 Å². The molecule has 0 aliphatic heterocycles. The van der Waals surface area contributed by atoms with Crippen molar-refractivity contribution in [3.05, 3.63) is 76.2 Å². The summed E-state index contributed by atoms with van der Waals surface area (Å²) < 4.78 is 41.3. The van der Waals surface area contributed by atoms with Gasteiger partial charge in [0.1, 0.15) is 0 Å². The van der Waals surface area contributed by atoms with Gasteiger partial charge in [-0.05, 0) is 36.8 Å². The maximum absolute atomic E-state index is 12.8. The van der Waals surface area contributed by atoms with Crippen molar-refractivity contribution < 1.29 is 13.2 Å². The highest BCUT2D eigenvalue weighted by Crippen LogP contribution is 2.31. The second kappa shape index (κ2) is 5.70. The van der Waals surface area contributed by atoms with Gasteiger partial charge in [0.2, 0.25) is 0 Å². The fraction of sp³-hybridized carbons (Fsp3) is 0.167.